The van der Waals surface area contributed by atoms with Gasteiger partial charge in [0, 0.05) is 38.9 Å². The SMILES string of the molecule is Cc1cnn(CCNC(=O)C(C)N2CCN(C)CC2)c1. The van der Waals surface area contributed by atoms with E-state index in [-0.39, 0.29) is 11.9 Å². The molecule has 6 nitrogen and oxygen atoms in total. The van der Waals surface area contributed by atoms with Gasteiger partial charge in [-0.05, 0) is 26.5 Å². The number of hydrogen-bond donors (Lipinski definition) is 1. The Hall–Kier alpha value is -1.40. The molecular weight excluding hydrogens is 254 g/mol. The number of hydrogen-bond acceptors (Lipinski definition) is 4. The number of piperazine rings is 1. The van der Waals surface area contributed by atoms with Crippen molar-refractivity contribution in [1.29, 1.82) is 0 Å². The second kappa shape index (κ2) is 6.85. The van der Waals surface area contributed by atoms with Gasteiger partial charge in [-0.15, -0.1) is 0 Å². The van der Waals surface area contributed by atoms with Crippen LogP contribution >= 0.6 is 0 Å². The largest absolute Gasteiger partial charge is 0.353 e. The smallest absolute Gasteiger partial charge is 0.237 e. The van der Waals surface area contributed by atoms with E-state index in [1.807, 2.05) is 30.9 Å². The number of amides is 1. The van der Waals surface area contributed by atoms with Crippen molar-refractivity contribution in [3.8, 4) is 0 Å². The summed E-state index contributed by atoms with van der Waals surface area (Å²) in [7, 11) is 2.12. The van der Waals surface area contributed by atoms with Crippen molar-refractivity contribution in [3.05, 3.63) is 18.0 Å². The van der Waals surface area contributed by atoms with Crippen LogP contribution in [0.4, 0.5) is 0 Å². The van der Waals surface area contributed by atoms with Gasteiger partial charge in [-0.2, -0.15) is 5.10 Å². The van der Waals surface area contributed by atoms with Crippen molar-refractivity contribution in [2.75, 3.05) is 39.8 Å². The number of carbonyl (C=O) groups is 1. The topological polar surface area (TPSA) is 53.4 Å². The van der Waals surface area contributed by atoms with Crippen molar-refractivity contribution in [3.63, 3.8) is 0 Å². The molecule has 1 aromatic rings. The zero-order valence-corrected chi connectivity index (χ0v) is 12.7. The highest BCUT2D eigenvalue weighted by Crippen LogP contribution is 2.04. The molecule has 0 aliphatic carbocycles. The summed E-state index contributed by atoms with van der Waals surface area (Å²) in [6.07, 6.45) is 3.81. The van der Waals surface area contributed by atoms with Gasteiger partial charge in [0.25, 0.3) is 0 Å². The molecular formula is C14H25N5O. The fraction of sp³-hybridized carbons (Fsp3) is 0.714. The van der Waals surface area contributed by atoms with Gasteiger partial charge in [-0.25, -0.2) is 0 Å². The molecule has 1 aromatic heterocycles. The molecule has 20 heavy (non-hydrogen) atoms. The van der Waals surface area contributed by atoms with E-state index in [1.165, 1.54) is 0 Å². The van der Waals surface area contributed by atoms with Crippen LogP contribution in [0.1, 0.15) is 12.5 Å². The van der Waals surface area contributed by atoms with E-state index in [4.69, 9.17) is 0 Å². The van der Waals surface area contributed by atoms with Crippen molar-refractivity contribution in [2.45, 2.75) is 26.4 Å². The van der Waals surface area contributed by atoms with Crippen LogP contribution in [0, 0.1) is 6.92 Å². The minimum absolute atomic E-state index is 0.0527. The van der Waals surface area contributed by atoms with Gasteiger partial charge in [0.1, 0.15) is 0 Å². The second-order valence-electron chi connectivity index (χ2n) is 5.59. The van der Waals surface area contributed by atoms with Crippen LogP contribution in [0.25, 0.3) is 0 Å². The molecule has 1 atom stereocenters. The highest BCUT2D eigenvalue weighted by atomic mass is 16.2. The van der Waals surface area contributed by atoms with E-state index in [0.717, 1.165) is 38.3 Å². The van der Waals surface area contributed by atoms with Gasteiger partial charge in [-0.3, -0.25) is 14.4 Å². The van der Waals surface area contributed by atoms with Gasteiger partial charge in [0.05, 0.1) is 18.8 Å². The molecule has 0 radical (unpaired) electrons. The molecule has 1 saturated heterocycles. The van der Waals surface area contributed by atoms with Crippen LogP contribution in [0.3, 0.4) is 0 Å². The Balaban J connectivity index is 1.71. The summed E-state index contributed by atoms with van der Waals surface area (Å²) in [5, 5.41) is 7.20. The molecule has 1 amide bonds. The predicted molar refractivity (Wildman–Crippen MR) is 78.5 cm³/mol. The number of nitrogens with zero attached hydrogens (tertiary/aromatic N) is 4. The standard InChI is InChI=1S/C14H25N5O/c1-12-10-16-19(11-12)5-4-15-14(20)13(2)18-8-6-17(3)7-9-18/h10-11,13H,4-9H2,1-3H3,(H,15,20). The summed E-state index contributed by atoms with van der Waals surface area (Å²) in [4.78, 5) is 16.7. The minimum Gasteiger partial charge on any atom is -0.353 e. The number of nitrogens with one attached hydrogen (secondary N) is 1. The maximum atomic E-state index is 12.1. The Morgan fingerprint density at radius 1 is 1.40 bits per heavy atom. The quantitative estimate of drug-likeness (QED) is 0.821. The summed E-state index contributed by atoms with van der Waals surface area (Å²) in [5.74, 6) is 0.110. The molecule has 2 rings (SSSR count). The first-order chi connectivity index (χ1) is 9.56. The van der Waals surface area contributed by atoms with Crippen molar-refractivity contribution in [1.82, 2.24) is 24.9 Å². The van der Waals surface area contributed by atoms with Crippen molar-refractivity contribution in [2.24, 2.45) is 0 Å². The van der Waals surface area contributed by atoms with Gasteiger partial charge < -0.3 is 10.2 Å². The van der Waals surface area contributed by atoms with Crippen molar-refractivity contribution < 1.29 is 4.79 Å². The Kier molecular flexibility index (Phi) is 5.14. The molecule has 0 aromatic carbocycles. The lowest BCUT2D eigenvalue weighted by atomic mass is 10.2. The molecule has 0 spiro atoms. The monoisotopic (exact) mass is 279 g/mol. The third-order valence-corrected chi connectivity index (χ3v) is 3.87. The number of aromatic nitrogens is 2. The number of likely N-dealkylation sites (N-methyl/N-ethyl adjacent to an activating group) is 1. The lowest BCUT2D eigenvalue weighted by Crippen LogP contribution is -2.53. The van der Waals surface area contributed by atoms with E-state index >= 15 is 0 Å². The molecule has 6 heteroatoms. The van der Waals surface area contributed by atoms with Crippen LogP contribution in [0.15, 0.2) is 12.4 Å². The van der Waals surface area contributed by atoms with E-state index in [2.05, 4.69) is 27.3 Å². The highest BCUT2D eigenvalue weighted by molar-refractivity contribution is 5.81. The van der Waals surface area contributed by atoms with Crippen LogP contribution < -0.4 is 5.32 Å². The van der Waals surface area contributed by atoms with Crippen LogP contribution in [0.5, 0.6) is 0 Å². The molecule has 0 bridgehead atoms. The summed E-state index contributed by atoms with van der Waals surface area (Å²) >= 11 is 0. The third kappa shape index (κ3) is 4.05. The maximum Gasteiger partial charge on any atom is 0.237 e. The first-order valence-electron chi connectivity index (χ1n) is 7.25. The second-order valence-corrected chi connectivity index (χ2v) is 5.59. The fourth-order valence-corrected chi connectivity index (χ4v) is 2.41. The number of carbonyl (C=O) groups excluding carboxylic acids is 1. The molecule has 1 aliphatic rings. The Bertz CT molecular complexity index is 437. The molecule has 1 unspecified atom stereocenters. The van der Waals surface area contributed by atoms with Gasteiger partial charge in [-0.1, -0.05) is 0 Å². The average Bonchev–Trinajstić information content (AvgIpc) is 2.84. The Morgan fingerprint density at radius 2 is 2.10 bits per heavy atom. The predicted octanol–water partition coefficient (Wildman–Crippen LogP) is -0.0564. The maximum absolute atomic E-state index is 12.1. The van der Waals surface area contributed by atoms with Gasteiger partial charge in [0.15, 0.2) is 0 Å². The van der Waals surface area contributed by atoms with Gasteiger partial charge >= 0.3 is 0 Å². The molecule has 1 fully saturated rings. The fourth-order valence-electron chi connectivity index (χ4n) is 2.41. The summed E-state index contributed by atoms with van der Waals surface area (Å²) in [6.45, 7) is 9.32. The summed E-state index contributed by atoms with van der Waals surface area (Å²) < 4.78 is 1.86. The lowest BCUT2D eigenvalue weighted by Gasteiger charge is -2.35. The lowest BCUT2D eigenvalue weighted by molar-refractivity contribution is -0.126. The summed E-state index contributed by atoms with van der Waals surface area (Å²) in [6, 6.07) is -0.0527. The summed E-state index contributed by atoms with van der Waals surface area (Å²) in [5.41, 5.74) is 1.14. The van der Waals surface area contributed by atoms with E-state index in [9.17, 15) is 4.79 Å². The zero-order chi connectivity index (χ0) is 14.5. The average molecular weight is 279 g/mol. The van der Waals surface area contributed by atoms with Crippen LogP contribution in [0.2, 0.25) is 0 Å². The zero-order valence-electron chi connectivity index (χ0n) is 12.7. The molecule has 112 valence electrons. The first kappa shape index (κ1) is 15.0. The molecule has 0 saturated carbocycles. The van der Waals surface area contributed by atoms with Crippen molar-refractivity contribution >= 4 is 5.91 Å². The number of aryl methyl sites for hydroxylation is 1. The van der Waals surface area contributed by atoms with Gasteiger partial charge in [0.2, 0.25) is 5.91 Å². The highest BCUT2D eigenvalue weighted by Gasteiger charge is 2.23. The van der Waals surface area contributed by atoms with E-state index < -0.39 is 0 Å². The molecule has 2 heterocycles. The minimum atomic E-state index is -0.0527. The van der Waals surface area contributed by atoms with Crippen LogP contribution in [-0.4, -0.2) is 71.3 Å². The Morgan fingerprint density at radius 3 is 2.70 bits per heavy atom. The van der Waals surface area contributed by atoms with Crippen LogP contribution in [-0.2, 0) is 11.3 Å². The normalized spacial score (nSPS) is 18.9. The number of rotatable bonds is 5. The molecule has 1 N–H and O–H groups in total. The molecule has 1 aliphatic heterocycles. The van der Waals surface area contributed by atoms with E-state index in [1.54, 1.807) is 0 Å². The third-order valence-electron chi connectivity index (χ3n) is 3.87. The Labute approximate surface area is 120 Å². The first-order valence-corrected chi connectivity index (χ1v) is 7.25. The van der Waals surface area contributed by atoms with E-state index in [0.29, 0.717) is 6.54 Å².